The number of ether oxygens (including phenoxy) is 3. The first kappa shape index (κ1) is 44.8. The summed E-state index contributed by atoms with van der Waals surface area (Å²) < 4.78 is 34.9. The number of anilines is 1. The number of alkyl carbamates (subject to hydrolysis) is 1. The number of carbonyl (C=O) groups excluding carboxylic acids is 2. The molecule has 10 bridgehead atoms. The van der Waals surface area contributed by atoms with Gasteiger partial charge in [-0.1, -0.05) is 147 Å². The predicted molar refractivity (Wildman–Crippen MR) is 273 cm³/mol. The third-order valence-corrected chi connectivity index (χ3v) is 14.2. The fourth-order valence-corrected chi connectivity index (χ4v) is 10.8. The van der Waals surface area contributed by atoms with Crippen molar-refractivity contribution in [2.24, 2.45) is 5.92 Å². The van der Waals surface area contributed by atoms with E-state index in [0.717, 1.165) is 66.7 Å². The number of benzene rings is 6. The second-order valence-electron chi connectivity index (χ2n) is 19.1. The standard InChI is InChI=1S/C59H52N6O7/c1-36(2)51-57-63-52-54(72-57)59(45-27-40(25-26-48(45)69-32-38-17-9-5-10-18-38)28-46(55(66)62-51)61-58(67)70-33-39-19-11-6-12-20-39)34-64(30-37-15-7-4-8-16-37)53-42(22-13-23-44(53)59)41-21-14-24-47-50(41)43(31-65(47)35-68-3)49-29-60-56(52)71-49/h4-27,29,31,36,46,51H,28,30,32-35H2,1-3H3,(H,61,67)(H,62,66). The van der Waals surface area contributed by atoms with Crippen LogP contribution in [0.5, 0.6) is 5.75 Å². The zero-order chi connectivity index (χ0) is 48.9. The van der Waals surface area contributed by atoms with Crippen LogP contribution in [0.25, 0.3) is 44.9 Å². The molecule has 2 N–H and O–H groups in total. The molecule has 0 radical (unpaired) electrons. The van der Waals surface area contributed by atoms with Gasteiger partial charge in [0.2, 0.25) is 17.7 Å². The molecule has 6 aromatic carbocycles. The number of amides is 2. The lowest BCUT2D eigenvalue weighted by Gasteiger charge is -2.33. The first-order valence-corrected chi connectivity index (χ1v) is 24.3. The molecule has 13 nitrogen and oxygen atoms in total. The van der Waals surface area contributed by atoms with Crippen molar-refractivity contribution in [1.82, 2.24) is 25.2 Å². The lowest BCUT2D eigenvalue weighted by atomic mass is 9.71. The average Bonchev–Trinajstić information content (AvgIpc) is 4.22. The fourth-order valence-electron chi connectivity index (χ4n) is 10.8. The van der Waals surface area contributed by atoms with Crippen molar-refractivity contribution in [3.63, 3.8) is 0 Å². The number of hydrogen-bond acceptors (Lipinski definition) is 10. The summed E-state index contributed by atoms with van der Waals surface area (Å²) in [5.74, 6) is 1.53. The lowest BCUT2D eigenvalue weighted by Crippen LogP contribution is -2.49. The molecular formula is C59H52N6O7. The highest BCUT2D eigenvalue weighted by molar-refractivity contribution is 6.08. The van der Waals surface area contributed by atoms with Gasteiger partial charge in [0.25, 0.3) is 0 Å². The molecule has 6 heterocycles. The lowest BCUT2D eigenvalue weighted by molar-refractivity contribution is -0.124. The number of nitrogens with zero attached hydrogens (tertiary/aromatic N) is 4. The Morgan fingerprint density at radius 2 is 1.54 bits per heavy atom. The second-order valence-corrected chi connectivity index (χ2v) is 19.1. The summed E-state index contributed by atoms with van der Waals surface area (Å²) in [6, 6.07) is 47.1. The number of nitrogens with one attached hydrogen (secondary N) is 2. The van der Waals surface area contributed by atoms with Gasteiger partial charge in [0.05, 0.1) is 11.7 Å². The smallest absolute Gasteiger partial charge is 0.408 e. The highest BCUT2D eigenvalue weighted by Crippen LogP contribution is 2.58. The van der Waals surface area contributed by atoms with Crippen molar-refractivity contribution in [3.05, 3.63) is 203 Å². The van der Waals surface area contributed by atoms with E-state index in [4.69, 9.17) is 33.0 Å². The Balaban J connectivity index is 1.14. The number of hydrogen-bond donors (Lipinski definition) is 2. The van der Waals surface area contributed by atoms with E-state index < -0.39 is 29.5 Å². The quantitative estimate of drug-likeness (QED) is 0.128. The Labute approximate surface area is 416 Å². The van der Waals surface area contributed by atoms with Gasteiger partial charge in [0, 0.05) is 60.6 Å². The first-order valence-electron chi connectivity index (χ1n) is 24.3. The molecular weight excluding hydrogens is 905 g/mol. The number of oxazole rings is 2. The van der Waals surface area contributed by atoms with Crippen molar-refractivity contribution >= 4 is 28.6 Å². The Morgan fingerprint density at radius 1 is 0.819 bits per heavy atom. The molecule has 2 amide bonds. The minimum Gasteiger partial charge on any atom is -0.489 e. The topological polar surface area (TPSA) is 146 Å². The maximum Gasteiger partial charge on any atom is 0.408 e. The van der Waals surface area contributed by atoms with Gasteiger partial charge in [-0.05, 0) is 51.4 Å². The molecule has 3 atom stereocenters. The highest BCUT2D eigenvalue weighted by Gasteiger charge is 2.54. The fraction of sp³-hybridized carbons (Fsp3) is 0.220. The third-order valence-electron chi connectivity index (χ3n) is 14.2. The summed E-state index contributed by atoms with van der Waals surface area (Å²) in [4.78, 5) is 41.3. The largest absolute Gasteiger partial charge is 0.489 e. The van der Waals surface area contributed by atoms with Gasteiger partial charge in [-0.15, -0.1) is 0 Å². The number of carbonyl (C=O) groups is 2. The summed E-state index contributed by atoms with van der Waals surface area (Å²) >= 11 is 0. The highest BCUT2D eigenvalue weighted by atomic mass is 16.5. The van der Waals surface area contributed by atoms with E-state index in [1.165, 1.54) is 0 Å². The molecule has 0 saturated carbocycles. The Bertz CT molecular complexity index is 3480. The van der Waals surface area contributed by atoms with Gasteiger partial charge in [-0.25, -0.2) is 14.8 Å². The minimum atomic E-state index is -1.16. The molecule has 1 spiro atoms. The van der Waals surface area contributed by atoms with Crippen LogP contribution in [0.2, 0.25) is 0 Å². The Morgan fingerprint density at radius 3 is 2.29 bits per heavy atom. The molecule has 3 aromatic heterocycles. The molecule has 72 heavy (non-hydrogen) atoms. The van der Waals surface area contributed by atoms with Gasteiger partial charge in [0.15, 0.2) is 17.2 Å². The third kappa shape index (κ3) is 7.86. The van der Waals surface area contributed by atoms with Gasteiger partial charge in [-0.3, -0.25) is 4.79 Å². The van der Waals surface area contributed by atoms with E-state index in [9.17, 15) is 9.59 Å². The van der Waals surface area contributed by atoms with Crippen molar-refractivity contribution in [1.29, 1.82) is 0 Å². The first-order chi connectivity index (χ1) is 35.2. The zero-order valence-corrected chi connectivity index (χ0v) is 40.1. The van der Waals surface area contributed by atoms with Crippen LogP contribution in [0.1, 0.15) is 64.9 Å². The summed E-state index contributed by atoms with van der Waals surface area (Å²) in [5.41, 5.74) is 9.58. The minimum absolute atomic E-state index is 0.0372. The molecule has 360 valence electrons. The number of methoxy groups -OCH3 is 1. The van der Waals surface area contributed by atoms with E-state index >= 15 is 0 Å². The van der Waals surface area contributed by atoms with E-state index in [1.54, 1.807) is 13.3 Å². The molecule has 0 fully saturated rings. The van der Waals surface area contributed by atoms with E-state index in [-0.39, 0.29) is 37.3 Å². The van der Waals surface area contributed by atoms with Crippen LogP contribution >= 0.6 is 0 Å². The molecule has 3 aliphatic heterocycles. The van der Waals surface area contributed by atoms with Crippen molar-refractivity contribution in [2.75, 3.05) is 18.6 Å². The van der Waals surface area contributed by atoms with E-state index in [0.29, 0.717) is 42.8 Å². The van der Waals surface area contributed by atoms with Crippen LogP contribution in [-0.2, 0) is 52.6 Å². The van der Waals surface area contributed by atoms with Gasteiger partial charge >= 0.3 is 6.09 Å². The molecule has 13 heteroatoms. The van der Waals surface area contributed by atoms with E-state index in [2.05, 4.69) is 93.0 Å². The molecule has 12 rings (SSSR count). The summed E-state index contributed by atoms with van der Waals surface area (Å²) in [6.07, 6.45) is 3.21. The van der Waals surface area contributed by atoms with Crippen LogP contribution in [0, 0.1) is 5.92 Å². The zero-order valence-electron chi connectivity index (χ0n) is 40.1. The summed E-state index contributed by atoms with van der Waals surface area (Å²) in [6.45, 7) is 5.58. The Kier molecular flexibility index (Phi) is 11.4. The van der Waals surface area contributed by atoms with Gasteiger partial charge in [-0.2, -0.15) is 0 Å². The molecule has 3 unspecified atom stereocenters. The van der Waals surface area contributed by atoms with Crippen LogP contribution in [0.4, 0.5) is 10.5 Å². The summed E-state index contributed by atoms with van der Waals surface area (Å²) in [7, 11) is 1.69. The normalized spacial score (nSPS) is 17.6. The number of fused-ring (bicyclic) bond motifs is 8. The van der Waals surface area contributed by atoms with Crippen LogP contribution in [0.3, 0.4) is 0 Å². The van der Waals surface area contributed by atoms with Crippen LogP contribution in [0.15, 0.2) is 167 Å². The van der Waals surface area contributed by atoms with Gasteiger partial charge in [0.1, 0.15) is 43.2 Å². The Hall–Kier alpha value is -8.42. The maximum atomic E-state index is 14.8. The number of para-hydroxylation sites is 1. The molecule has 0 saturated heterocycles. The second kappa shape index (κ2) is 18.4. The molecule has 9 aromatic rings. The summed E-state index contributed by atoms with van der Waals surface area (Å²) in [5, 5.41) is 7.16. The van der Waals surface area contributed by atoms with Gasteiger partial charge < -0.3 is 43.1 Å². The van der Waals surface area contributed by atoms with Crippen LogP contribution < -0.4 is 20.3 Å². The molecule has 0 aliphatic carbocycles. The number of aromatic nitrogens is 3. The van der Waals surface area contributed by atoms with E-state index in [1.807, 2.05) is 92.7 Å². The van der Waals surface area contributed by atoms with Crippen molar-refractivity contribution < 1.29 is 32.6 Å². The average molecular weight is 957 g/mol. The molecule has 3 aliphatic rings. The van der Waals surface area contributed by atoms with Crippen molar-refractivity contribution in [3.8, 4) is 39.8 Å². The predicted octanol–water partition coefficient (Wildman–Crippen LogP) is 11.1. The number of rotatable bonds is 11. The monoisotopic (exact) mass is 956 g/mol. The SMILES string of the molecule is COCn1cc2c3c(cccc31)-c1cccc3c1N(Cc1ccccc1)CC31c3cc(ccc3OCc3ccccc3)CC(NC(=O)OCc3ccccc3)C(=O)NC(C(C)C)c3nc(c1o3)-c1ncc-2o1. The van der Waals surface area contributed by atoms with Crippen LogP contribution in [-0.4, -0.2) is 46.2 Å². The van der Waals surface area contributed by atoms with Crippen molar-refractivity contribution in [2.45, 2.75) is 64.3 Å². The maximum absolute atomic E-state index is 14.8.